The SMILES string of the molecule is CCC1(Cn2cncc2CNCC(C)C)CC1. The summed E-state index contributed by atoms with van der Waals surface area (Å²) in [6, 6.07) is 0. The smallest absolute Gasteiger partial charge is 0.0948 e. The third-order valence-corrected chi connectivity index (χ3v) is 3.87. The van der Waals surface area contributed by atoms with Crippen LogP contribution in [0.4, 0.5) is 0 Å². The van der Waals surface area contributed by atoms with Crippen molar-refractivity contribution in [3.05, 3.63) is 18.2 Å². The number of rotatable bonds is 7. The molecule has 0 radical (unpaired) electrons. The van der Waals surface area contributed by atoms with Gasteiger partial charge in [0.25, 0.3) is 0 Å². The van der Waals surface area contributed by atoms with Gasteiger partial charge in [0.05, 0.1) is 12.0 Å². The number of hydrogen-bond acceptors (Lipinski definition) is 2. The highest BCUT2D eigenvalue weighted by atomic mass is 15.1. The average molecular weight is 235 g/mol. The molecule has 0 saturated heterocycles. The normalized spacial score (nSPS) is 17.6. The molecule has 1 heterocycles. The fraction of sp³-hybridized carbons (Fsp3) is 0.786. The molecule has 1 aliphatic carbocycles. The molecule has 1 saturated carbocycles. The first-order valence-electron chi connectivity index (χ1n) is 6.85. The topological polar surface area (TPSA) is 29.9 Å². The molecule has 0 amide bonds. The van der Waals surface area contributed by atoms with Crippen LogP contribution in [0.3, 0.4) is 0 Å². The molecule has 1 aromatic heterocycles. The minimum atomic E-state index is 0.591. The van der Waals surface area contributed by atoms with Crippen molar-refractivity contribution in [1.82, 2.24) is 14.9 Å². The van der Waals surface area contributed by atoms with E-state index >= 15 is 0 Å². The molecule has 3 nitrogen and oxygen atoms in total. The van der Waals surface area contributed by atoms with Crippen molar-refractivity contribution in [2.24, 2.45) is 11.3 Å². The van der Waals surface area contributed by atoms with E-state index in [2.05, 4.69) is 35.6 Å². The van der Waals surface area contributed by atoms with Gasteiger partial charge in [0.1, 0.15) is 0 Å². The van der Waals surface area contributed by atoms with Gasteiger partial charge in [-0.25, -0.2) is 4.98 Å². The maximum atomic E-state index is 4.29. The Bertz CT molecular complexity index is 350. The summed E-state index contributed by atoms with van der Waals surface area (Å²) in [4.78, 5) is 4.29. The molecule has 0 spiro atoms. The van der Waals surface area contributed by atoms with E-state index in [9.17, 15) is 0 Å². The molecular weight excluding hydrogens is 210 g/mol. The van der Waals surface area contributed by atoms with E-state index in [4.69, 9.17) is 0 Å². The first-order valence-corrected chi connectivity index (χ1v) is 6.85. The fourth-order valence-electron chi connectivity index (χ4n) is 2.29. The Morgan fingerprint density at radius 1 is 1.47 bits per heavy atom. The van der Waals surface area contributed by atoms with Crippen molar-refractivity contribution >= 4 is 0 Å². The number of nitrogens with zero attached hydrogens (tertiary/aromatic N) is 2. The van der Waals surface area contributed by atoms with Crippen molar-refractivity contribution in [1.29, 1.82) is 0 Å². The summed E-state index contributed by atoms with van der Waals surface area (Å²) in [6.07, 6.45) is 8.06. The minimum Gasteiger partial charge on any atom is -0.333 e. The molecule has 1 N–H and O–H groups in total. The molecule has 0 bridgehead atoms. The second-order valence-electron chi connectivity index (χ2n) is 5.89. The van der Waals surface area contributed by atoms with Crippen molar-refractivity contribution in [3.8, 4) is 0 Å². The van der Waals surface area contributed by atoms with E-state index in [0.717, 1.165) is 19.6 Å². The van der Waals surface area contributed by atoms with Gasteiger partial charge in [-0.15, -0.1) is 0 Å². The van der Waals surface area contributed by atoms with Crippen molar-refractivity contribution in [2.75, 3.05) is 6.54 Å². The molecule has 1 aromatic rings. The second-order valence-corrected chi connectivity index (χ2v) is 5.89. The molecule has 96 valence electrons. The van der Waals surface area contributed by atoms with Gasteiger partial charge in [-0.2, -0.15) is 0 Å². The van der Waals surface area contributed by atoms with Crippen LogP contribution in [0.5, 0.6) is 0 Å². The summed E-state index contributed by atoms with van der Waals surface area (Å²) >= 11 is 0. The van der Waals surface area contributed by atoms with Gasteiger partial charge in [0.15, 0.2) is 0 Å². The summed E-state index contributed by atoms with van der Waals surface area (Å²) in [7, 11) is 0. The van der Waals surface area contributed by atoms with Crippen LogP contribution in [-0.4, -0.2) is 16.1 Å². The zero-order valence-electron chi connectivity index (χ0n) is 11.4. The highest BCUT2D eigenvalue weighted by Crippen LogP contribution is 2.50. The van der Waals surface area contributed by atoms with Gasteiger partial charge >= 0.3 is 0 Å². The fourth-order valence-corrected chi connectivity index (χ4v) is 2.29. The van der Waals surface area contributed by atoms with Crippen molar-refractivity contribution in [3.63, 3.8) is 0 Å². The molecule has 0 atom stereocenters. The van der Waals surface area contributed by atoms with Crippen molar-refractivity contribution < 1.29 is 0 Å². The summed E-state index contributed by atoms with van der Waals surface area (Å²) in [5, 5.41) is 3.49. The minimum absolute atomic E-state index is 0.591. The standard InChI is InChI=1S/C14H25N3/c1-4-14(5-6-14)10-17-11-16-9-13(17)8-15-7-12(2)3/h9,11-12,15H,4-8,10H2,1-3H3. The Balaban J connectivity index is 1.88. The third kappa shape index (κ3) is 3.32. The van der Waals surface area contributed by atoms with Crippen LogP contribution in [0.2, 0.25) is 0 Å². The van der Waals surface area contributed by atoms with Gasteiger partial charge in [-0.05, 0) is 37.1 Å². The highest BCUT2D eigenvalue weighted by molar-refractivity contribution is 5.02. The quantitative estimate of drug-likeness (QED) is 0.787. The Labute approximate surface area is 105 Å². The van der Waals surface area contributed by atoms with Crippen LogP contribution in [0.1, 0.15) is 45.7 Å². The predicted molar refractivity (Wildman–Crippen MR) is 70.7 cm³/mol. The monoisotopic (exact) mass is 235 g/mol. The first-order chi connectivity index (χ1) is 8.15. The zero-order valence-corrected chi connectivity index (χ0v) is 11.4. The maximum absolute atomic E-state index is 4.29. The van der Waals surface area contributed by atoms with Crippen LogP contribution in [0.25, 0.3) is 0 Å². The van der Waals surface area contributed by atoms with E-state index in [-0.39, 0.29) is 0 Å². The molecule has 1 aliphatic rings. The Morgan fingerprint density at radius 3 is 2.82 bits per heavy atom. The van der Waals surface area contributed by atoms with E-state index in [1.165, 1.54) is 25.0 Å². The van der Waals surface area contributed by atoms with Crippen LogP contribution >= 0.6 is 0 Å². The lowest BCUT2D eigenvalue weighted by Gasteiger charge is -2.16. The van der Waals surface area contributed by atoms with Gasteiger partial charge < -0.3 is 9.88 Å². The van der Waals surface area contributed by atoms with Crippen LogP contribution in [0.15, 0.2) is 12.5 Å². The number of hydrogen-bond donors (Lipinski definition) is 1. The first kappa shape index (κ1) is 12.6. The Hall–Kier alpha value is -0.830. The average Bonchev–Trinajstić information content (AvgIpc) is 2.93. The summed E-state index contributed by atoms with van der Waals surface area (Å²) < 4.78 is 2.34. The maximum Gasteiger partial charge on any atom is 0.0948 e. The largest absolute Gasteiger partial charge is 0.333 e. The Morgan fingerprint density at radius 2 is 2.24 bits per heavy atom. The van der Waals surface area contributed by atoms with Crippen molar-refractivity contribution in [2.45, 2.75) is 53.1 Å². The van der Waals surface area contributed by atoms with E-state index in [1.54, 1.807) is 0 Å². The lowest BCUT2D eigenvalue weighted by molar-refractivity contribution is 0.398. The molecule has 0 aromatic carbocycles. The lowest BCUT2D eigenvalue weighted by Crippen LogP contribution is -2.22. The predicted octanol–water partition coefficient (Wildman–Crippen LogP) is 2.82. The third-order valence-electron chi connectivity index (χ3n) is 3.87. The van der Waals surface area contributed by atoms with E-state index in [1.807, 2.05) is 12.5 Å². The summed E-state index contributed by atoms with van der Waals surface area (Å²) in [5.41, 5.74) is 1.92. The molecular formula is C14H25N3. The molecule has 3 heteroatoms. The molecule has 0 aliphatic heterocycles. The summed E-state index contributed by atoms with van der Waals surface area (Å²) in [6.45, 7) is 9.95. The van der Waals surface area contributed by atoms with Gasteiger partial charge in [-0.3, -0.25) is 0 Å². The van der Waals surface area contributed by atoms with Gasteiger partial charge in [0, 0.05) is 19.3 Å². The number of nitrogens with one attached hydrogen (secondary N) is 1. The molecule has 17 heavy (non-hydrogen) atoms. The molecule has 0 unspecified atom stereocenters. The Kier molecular flexibility index (Phi) is 3.87. The van der Waals surface area contributed by atoms with Gasteiger partial charge in [-0.1, -0.05) is 20.8 Å². The molecule has 1 fully saturated rings. The van der Waals surface area contributed by atoms with Crippen LogP contribution in [0, 0.1) is 11.3 Å². The van der Waals surface area contributed by atoms with Crippen LogP contribution in [-0.2, 0) is 13.1 Å². The second kappa shape index (κ2) is 5.21. The number of aromatic nitrogens is 2. The zero-order chi connectivity index (χ0) is 12.3. The molecule has 2 rings (SSSR count). The van der Waals surface area contributed by atoms with Crippen LogP contribution < -0.4 is 5.32 Å². The summed E-state index contributed by atoms with van der Waals surface area (Å²) in [5.74, 6) is 0.705. The van der Waals surface area contributed by atoms with Gasteiger partial charge in [0.2, 0.25) is 0 Å². The lowest BCUT2D eigenvalue weighted by atomic mass is 10.0. The highest BCUT2D eigenvalue weighted by Gasteiger charge is 2.41. The number of imidazole rings is 1. The van der Waals surface area contributed by atoms with E-state index in [0.29, 0.717) is 11.3 Å². The van der Waals surface area contributed by atoms with E-state index < -0.39 is 0 Å².